The van der Waals surface area contributed by atoms with E-state index in [9.17, 15) is 5.11 Å². The first-order chi connectivity index (χ1) is 7.24. The smallest absolute Gasteiger partial charge is 0.0882 e. The molecule has 1 fully saturated rings. The van der Waals surface area contributed by atoms with Crippen LogP contribution in [0.1, 0.15) is 64.7 Å². The Morgan fingerprint density at radius 2 is 2.07 bits per heavy atom. The lowest BCUT2D eigenvalue weighted by Gasteiger charge is -2.28. The van der Waals surface area contributed by atoms with E-state index >= 15 is 0 Å². The maximum atomic E-state index is 9.41. The molecule has 1 aliphatic rings. The number of hydrogen-bond donors (Lipinski definition) is 1. The van der Waals surface area contributed by atoms with Crippen LogP contribution in [-0.4, -0.2) is 5.11 Å². The van der Waals surface area contributed by atoms with E-state index in [-0.39, 0.29) is 0 Å². The van der Waals surface area contributed by atoms with Gasteiger partial charge in [-0.05, 0) is 18.8 Å². The molecule has 1 saturated carbocycles. The zero-order chi connectivity index (χ0) is 11.1. The molecule has 1 aliphatic carbocycles. The van der Waals surface area contributed by atoms with E-state index in [4.69, 9.17) is 0 Å². The second-order valence-corrected chi connectivity index (χ2v) is 5.07. The average Bonchev–Trinajstić information content (AvgIpc) is 2.25. The number of aliphatic hydroxyl groups is 1. The van der Waals surface area contributed by atoms with Gasteiger partial charge in [0.1, 0.15) is 0 Å². The van der Waals surface area contributed by atoms with Crippen LogP contribution in [0.2, 0.25) is 0 Å². The summed E-state index contributed by atoms with van der Waals surface area (Å²) in [5.41, 5.74) is 0. The molecule has 0 spiro atoms. The highest BCUT2D eigenvalue weighted by molar-refractivity contribution is 4.92. The highest BCUT2D eigenvalue weighted by Gasteiger charge is 2.23. The molecule has 0 radical (unpaired) electrons. The molecule has 0 aromatic heterocycles. The van der Waals surface area contributed by atoms with Crippen LogP contribution in [0.25, 0.3) is 0 Å². The SMILES string of the molecule is C=C(O)C1CCCC(CCCCCC)C1. The molecule has 2 atom stereocenters. The topological polar surface area (TPSA) is 20.2 Å². The van der Waals surface area contributed by atoms with Gasteiger partial charge >= 0.3 is 0 Å². The predicted molar refractivity (Wildman–Crippen MR) is 66.0 cm³/mol. The lowest BCUT2D eigenvalue weighted by atomic mass is 9.78. The summed E-state index contributed by atoms with van der Waals surface area (Å²) in [4.78, 5) is 0. The van der Waals surface area contributed by atoms with Gasteiger partial charge in [-0.2, -0.15) is 0 Å². The van der Waals surface area contributed by atoms with Crippen molar-refractivity contribution >= 4 is 0 Å². The Morgan fingerprint density at radius 1 is 1.27 bits per heavy atom. The van der Waals surface area contributed by atoms with E-state index in [0.717, 1.165) is 12.3 Å². The molecule has 88 valence electrons. The lowest BCUT2D eigenvalue weighted by molar-refractivity contribution is 0.219. The average molecular weight is 210 g/mol. The van der Waals surface area contributed by atoms with Crippen LogP contribution in [0.4, 0.5) is 0 Å². The number of rotatable bonds is 6. The van der Waals surface area contributed by atoms with Crippen molar-refractivity contribution in [1.29, 1.82) is 0 Å². The summed E-state index contributed by atoms with van der Waals surface area (Å²) < 4.78 is 0. The van der Waals surface area contributed by atoms with Crippen molar-refractivity contribution in [2.45, 2.75) is 64.7 Å². The summed E-state index contributed by atoms with van der Waals surface area (Å²) in [5, 5.41) is 9.41. The molecule has 0 aliphatic heterocycles. The molecular weight excluding hydrogens is 184 g/mol. The Morgan fingerprint density at radius 3 is 2.73 bits per heavy atom. The fourth-order valence-electron chi connectivity index (χ4n) is 2.72. The largest absolute Gasteiger partial charge is 0.513 e. The van der Waals surface area contributed by atoms with Crippen LogP contribution in [-0.2, 0) is 0 Å². The van der Waals surface area contributed by atoms with Gasteiger partial charge in [-0.25, -0.2) is 0 Å². The first-order valence-corrected chi connectivity index (χ1v) is 6.61. The van der Waals surface area contributed by atoms with Crippen molar-refractivity contribution < 1.29 is 5.11 Å². The summed E-state index contributed by atoms with van der Waals surface area (Å²) in [7, 11) is 0. The third-order valence-electron chi connectivity index (χ3n) is 3.72. The van der Waals surface area contributed by atoms with Crippen molar-refractivity contribution in [3.8, 4) is 0 Å². The van der Waals surface area contributed by atoms with Gasteiger partial charge in [-0.15, -0.1) is 0 Å². The predicted octanol–water partition coefficient (Wildman–Crippen LogP) is 4.83. The summed E-state index contributed by atoms with van der Waals surface area (Å²) in [6, 6.07) is 0. The minimum absolute atomic E-state index is 0.398. The van der Waals surface area contributed by atoms with E-state index in [0.29, 0.717) is 11.7 Å². The van der Waals surface area contributed by atoms with Crippen LogP contribution in [0, 0.1) is 11.8 Å². The molecule has 2 unspecified atom stereocenters. The molecular formula is C14H26O. The van der Waals surface area contributed by atoms with Gasteiger partial charge in [0.05, 0.1) is 5.76 Å². The van der Waals surface area contributed by atoms with E-state index < -0.39 is 0 Å². The molecule has 0 bridgehead atoms. The third kappa shape index (κ3) is 4.72. The fraction of sp³-hybridized carbons (Fsp3) is 0.857. The molecule has 0 saturated heterocycles. The van der Waals surface area contributed by atoms with E-state index in [1.54, 1.807) is 0 Å². The number of aliphatic hydroxyl groups excluding tert-OH is 1. The minimum Gasteiger partial charge on any atom is -0.513 e. The van der Waals surface area contributed by atoms with Crippen LogP contribution >= 0.6 is 0 Å². The fourth-order valence-corrected chi connectivity index (χ4v) is 2.72. The Kier molecular flexibility index (Phi) is 5.82. The summed E-state index contributed by atoms with van der Waals surface area (Å²) >= 11 is 0. The van der Waals surface area contributed by atoms with Crippen LogP contribution in [0.5, 0.6) is 0 Å². The van der Waals surface area contributed by atoms with Gasteiger partial charge in [-0.3, -0.25) is 0 Å². The van der Waals surface area contributed by atoms with Crippen molar-refractivity contribution in [2.24, 2.45) is 11.8 Å². The second-order valence-electron chi connectivity index (χ2n) is 5.07. The van der Waals surface area contributed by atoms with Crippen molar-refractivity contribution in [2.75, 3.05) is 0 Å². The zero-order valence-electron chi connectivity index (χ0n) is 10.2. The Bertz CT molecular complexity index is 186. The zero-order valence-corrected chi connectivity index (χ0v) is 10.2. The maximum Gasteiger partial charge on any atom is 0.0882 e. The lowest BCUT2D eigenvalue weighted by Crippen LogP contribution is -2.16. The van der Waals surface area contributed by atoms with Gasteiger partial charge in [-0.1, -0.05) is 58.4 Å². The van der Waals surface area contributed by atoms with Crippen LogP contribution in [0.15, 0.2) is 12.3 Å². The van der Waals surface area contributed by atoms with Crippen molar-refractivity contribution in [1.82, 2.24) is 0 Å². The van der Waals surface area contributed by atoms with Crippen molar-refractivity contribution in [3.05, 3.63) is 12.3 Å². The number of allylic oxidation sites excluding steroid dienone is 1. The second kappa shape index (κ2) is 6.92. The normalized spacial score (nSPS) is 26.5. The highest BCUT2D eigenvalue weighted by atomic mass is 16.3. The molecule has 1 N–H and O–H groups in total. The molecule has 1 nitrogen and oxygen atoms in total. The number of unbranched alkanes of at least 4 members (excludes halogenated alkanes) is 3. The molecule has 1 heteroatoms. The maximum absolute atomic E-state index is 9.41. The molecule has 1 rings (SSSR count). The summed E-state index contributed by atoms with van der Waals surface area (Å²) in [6.07, 6.45) is 11.8. The molecule has 0 aromatic rings. The molecule has 0 aromatic carbocycles. The van der Waals surface area contributed by atoms with E-state index in [2.05, 4.69) is 13.5 Å². The van der Waals surface area contributed by atoms with Gasteiger partial charge in [0.25, 0.3) is 0 Å². The Hall–Kier alpha value is -0.460. The van der Waals surface area contributed by atoms with E-state index in [1.165, 1.54) is 51.4 Å². The van der Waals surface area contributed by atoms with E-state index in [1.807, 2.05) is 0 Å². The quantitative estimate of drug-likeness (QED) is 0.491. The first-order valence-electron chi connectivity index (χ1n) is 6.61. The van der Waals surface area contributed by atoms with Gasteiger partial charge in [0.15, 0.2) is 0 Å². The van der Waals surface area contributed by atoms with Gasteiger partial charge in [0, 0.05) is 5.92 Å². The number of hydrogen-bond acceptors (Lipinski definition) is 1. The summed E-state index contributed by atoms with van der Waals surface area (Å²) in [6.45, 7) is 5.93. The minimum atomic E-state index is 0.398. The molecule has 0 amide bonds. The van der Waals surface area contributed by atoms with Crippen LogP contribution in [0.3, 0.4) is 0 Å². The van der Waals surface area contributed by atoms with Crippen LogP contribution < -0.4 is 0 Å². The first kappa shape index (κ1) is 12.6. The Labute approximate surface area is 94.6 Å². The third-order valence-corrected chi connectivity index (χ3v) is 3.72. The molecule has 15 heavy (non-hydrogen) atoms. The molecule has 0 heterocycles. The van der Waals surface area contributed by atoms with Gasteiger partial charge in [0.2, 0.25) is 0 Å². The standard InChI is InChI=1S/C14H26O/c1-3-4-5-6-8-13-9-7-10-14(11-13)12(2)15/h13-15H,2-11H2,1H3. The van der Waals surface area contributed by atoms with Gasteiger partial charge < -0.3 is 5.11 Å². The highest BCUT2D eigenvalue weighted by Crippen LogP contribution is 2.34. The Balaban J connectivity index is 2.15. The van der Waals surface area contributed by atoms with Crippen molar-refractivity contribution in [3.63, 3.8) is 0 Å². The summed E-state index contributed by atoms with van der Waals surface area (Å²) in [5.74, 6) is 1.67. The monoisotopic (exact) mass is 210 g/mol.